The first-order chi connectivity index (χ1) is 9.19. The van der Waals surface area contributed by atoms with Crippen LogP contribution in [0.2, 0.25) is 0 Å². The van der Waals surface area contributed by atoms with Gasteiger partial charge in [-0.3, -0.25) is 4.98 Å². The highest BCUT2D eigenvalue weighted by molar-refractivity contribution is 5.85. The van der Waals surface area contributed by atoms with Gasteiger partial charge >= 0.3 is 5.76 Å². The van der Waals surface area contributed by atoms with Gasteiger partial charge in [-0.2, -0.15) is 0 Å². The van der Waals surface area contributed by atoms with Gasteiger partial charge in [-0.1, -0.05) is 6.42 Å². The van der Waals surface area contributed by atoms with Crippen molar-refractivity contribution in [3.63, 3.8) is 0 Å². The van der Waals surface area contributed by atoms with Crippen molar-refractivity contribution in [2.24, 2.45) is 11.8 Å². The smallest absolute Gasteiger partial charge is 0.408 e. The van der Waals surface area contributed by atoms with E-state index in [1.807, 2.05) is 6.07 Å². The maximum Gasteiger partial charge on any atom is 0.417 e. The van der Waals surface area contributed by atoms with Gasteiger partial charge in [0.05, 0.1) is 16.9 Å². The summed E-state index contributed by atoms with van der Waals surface area (Å²) in [6.07, 6.45) is 5.30. The topological polar surface area (TPSA) is 84.0 Å². The molecule has 1 aromatic carbocycles. The molecule has 1 aromatic heterocycles. The number of H-pyrrole nitrogens is 1. The molecule has 2 aliphatic rings. The lowest BCUT2D eigenvalue weighted by atomic mass is 9.95. The summed E-state index contributed by atoms with van der Waals surface area (Å²) in [5, 5.41) is 3.55. The summed E-state index contributed by atoms with van der Waals surface area (Å²) < 4.78 is 5.00. The van der Waals surface area contributed by atoms with Crippen LogP contribution in [0.3, 0.4) is 0 Å². The van der Waals surface area contributed by atoms with Crippen LogP contribution in [0.5, 0.6) is 0 Å². The number of hydrogen-bond donors (Lipinski definition) is 3. The van der Waals surface area contributed by atoms with E-state index in [-0.39, 0.29) is 0 Å². The average molecular weight is 259 g/mol. The molecule has 0 spiro atoms. The molecule has 0 saturated heterocycles. The number of aromatic nitrogens is 1. The molecular formula is C14H17N3O2. The van der Waals surface area contributed by atoms with E-state index in [0.717, 1.165) is 17.5 Å². The highest BCUT2D eigenvalue weighted by atomic mass is 16.4. The third kappa shape index (κ3) is 1.72. The quantitative estimate of drug-likeness (QED) is 0.722. The van der Waals surface area contributed by atoms with Crippen molar-refractivity contribution in [2.45, 2.75) is 31.7 Å². The van der Waals surface area contributed by atoms with Crippen molar-refractivity contribution in [1.82, 2.24) is 4.98 Å². The second-order valence-electron chi connectivity index (χ2n) is 5.88. The summed E-state index contributed by atoms with van der Waals surface area (Å²) >= 11 is 0. The van der Waals surface area contributed by atoms with Gasteiger partial charge in [0.25, 0.3) is 0 Å². The van der Waals surface area contributed by atoms with Gasteiger partial charge in [-0.15, -0.1) is 0 Å². The van der Waals surface area contributed by atoms with Crippen molar-refractivity contribution in [3.05, 3.63) is 22.7 Å². The molecule has 2 bridgehead atoms. The van der Waals surface area contributed by atoms with Gasteiger partial charge in [0.2, 0.25) is 0 Å². The lowest BCUT2D eigenvalue weighted by molar-refractivity contribution is 0.440. The molecule has 19 heavy (non-hydrogen) atoms. The van der Waals surface area contributed by atoms with Gasteiger partial charge in [0.1, 0.15) is 0 Å². The Balaban J connectivity index is 1.67. The molecule has 4 rings (SSSR count). The molecule has 1 heterocycles. The van der Waals surface area contributed by atoms with E-state index in [1.165, 1.54) is 25.7 Å². The minimum absolute atomic E-state index is 0.438. The predicted octanol–water partition coefficient (Wildman–Crippen LogP) is 2.30. The van der Waals surface area contributed by atoms with Crippen LogP contribution in [0.4, 0.5) is 11.4 Å². The zero-order chi connectivity index (χ0) is 13.0. The third-order valence-electron chi connectivity index (χ3n) is 4.67. The lowest BCUT2D eigenvalue weighted by Gasteiger charge is -2.24. The molecule has 4 N–H and O–H groups in total. The number of nitrogen functional groups attached to an aromatic ring is 1. The standard InChI is InChI=1S/C14H17N3O2/c15-9-5-13-12(17-14(18)19-13)6-11(9)16-10-4-7-1-2-8(10)3-7/h5-8,10,16H,1-4,15H2,(H,17,18). The number of nitrogens with two attached hydrogens (primary N) is 1. The summed E-state index contributed by atoms with van der Waals surface area (Å²) in [7, 11) is 0. The van der Waals surface area contributed by atoms with E-state index in [0.29, 0.717) is 22.8 Å². The Bertz CT molecular complexity index is 688. The summed E-state index contributed by atoms with van der Waals surface area (Å²) in [6.45, 7) is 0. The fourth-order valence-corrected chi connectivity index (χ4v) is 3.76. The number of aromatic amines is 1. The SMILES string of the molecule is Nc1cc2oc(=O)[nH]c2cc1NC1CC2CCC1C2. The van der Waals surface area contributed by atoms with Gasteiger partial charge < -0.3 is 15.5 Å². The lowest BCUT2D eigenvalue weighted by Crippen LogP contribution is -2.26. The number of benzene rings is 1. The zero-order valence-corrected chi connectivity index (χ0v) is 10.6. The van der Waals surface area contributed by atoms with Crippen LogP contribution < -0.4 is 16.8 Å². The molecule has 2 aromatic rings. The fraction of sp³-hybridized carbons (Fsp3) is 0.500. The molecule has 0 amide bonds. The normalized spacial score (nSPS) is 29.2. The van der Waals surface area contributed by atoms with Crippen LogP contribution in [-0.4, -0.2) is 11.0 Å². The minimum atomic E-state index is -0.438. The second-order valence-corrected chi connectivity index (χ2v) is 5.88. The van der Waals surface area contributed by atoms with Crippen molar-refractivity contribution in [2.75, 3.05) is 11.1 Å². The molecule has 0 aliphatic heterocycles. The van der Waals surface area contributed by atoms with Crippen LogP contribution in [0.15, 0.2) is 21.3 Å². The summed E-state index contributed by atoms with van der Waals surface area (Å²) in [6, 6.07) is 4.11. The molecular weight excluding hydrogens is 242 g/mol. The monoisotopic (exact) mass is 259 g/mol. The van der Waals surface area contributed by atoms with Gasteiger partial charge in [0.15, 0.2) is 5.58 Å². The Morgan fingerprint density at radius 3 is 2.95 bits per heavy atom. The first-order valence-electron chi connectivity index (χ1n) is 6.88. The summed E-state index contributed by atoms with van der Waals surface area (Å²) in [4.78, 5) is 13.8. The van der Waals surface area contributed by atoms with E-state index in [9.17, 15) is 4.79 Å². The molecule has 3 unspecified atom stereocenters. The van der Waals surface area contributed by atoms with Gasteiger partial charge in [-0.25, -0.2) is 4.79 Å². The Labute approximate surface area is 110 Å². The first-order valence-corrected chi connectivity index (χ1v) is 6.88. The van der Waals surface area contributed by atoms with Gasteiger partial charge in [0, 0.05) is 12.1 Å². The highest BCUT2D eigenvalue weighted by Crippen LogP contribution is 2.46. The Morgan fingerprint density at radius 1 is 1.32 bits per heavy atom. The first kappa shape index (κ1) is 11.0. The molecule has 2 saturated carbocycles. The number of rotatable bonds is 2. The average Bonchev–Trinajstić information content (AvgIpc) is 3.04. The van der Waals surface area contributed by atoms with Crippen LogP contribution in [0, 0.1) is 11.8 Å². The molecule has 2 aliphatic carbocycles. The Morgan fingerprint density at radius 2 is 2.21 bits per heavy atom. The zero-order valence-electron chi connectivity index (χ0n) is 10.6. The Kier molecular flexibility index (Phi) is 2.19. The summed E-state index contributed by atoms with van der Waals surface area (Å²) in [5.74, 6) is 1.23. The largest absolute Gasteiger partial charge is 0.417 e. The Hall–Kier alpha value is -1.91. The number of nitrogens with one attached hydrogen (secondary N) is 2. The van der Waals surface area contributed by atoms with Crippen molar-refractivity contribution >= 4 is 22.5 Å². The fourth-order valence-electron chi connectivity index (χ4n) is 3.76. The number of anilines is 2. The minimum Gasteiger partial charge on any atom is -0.408 e. The third-order valence-corrected chi connectivity index (χ3v) is 4.67. The highest BCUT2D eigenvalue weighted by Gasteiger charge is 2.39. The van der Waals surface area contributed by atoms with E-state index in [2.05, 4.69) is 10.3 Å². The van der Waals surface area contributed by atoms with Crippen LogP contribution >= 0.6 is 0 Å². The van der Waals surface area contributed by atoms with Crippen LogP contribution in [0.1, 0.15) is 25.7 Å². The van der Waals surface area contributed by atoms with E-state index in [4.69, 9.17) is 10.2 Å². The predicted molar refractivity (Wildman–Crippen MR) is 74.1 cm³/mol. The van der Waals surface area contributed by atoms with Crippen molar-refractivity contribution in [1.29, 1.82) is 0 Å². The van der Waals surface area contributed by atoms with E-state index >= 15 is 0 Å². The van der Waals surface area contributed by atoms with E-state index in [1.54, 1.807) is 6.07 Å². The van der Waals surface area contributed by atoms with Crippen molar-refractivity contribution < 1.29 is 4.42 Å². The molecule has 3 atom stereocenters. The molecule has 0 radical (unpaired) electrons. The van der Waals surface area contributed by atoms with Gasteiger partial charge in [-0.05, 0) is 37.2 Å². The maximum atomic E-state index is 11.2. The van der Waals surface area contributed by atoms with Crippen molar-refractivity contribution in [3.8, 4) is 0 Å². The number of fused-ring (bicyclic) bond motifs is 3. The van der Waals surface area contributed by atoms with Crippen LogP contribution in [-0.2, 0) is 0 Å². The molecule has 2 fully saturated rings. The molecule has 5 heteroatoms. The maximum absolute atomic E-state index is 11.2. The number of oxazole rings is 1. The van der Waals surface area contributed by atoms with Crippen LogP contribution in [0.25, 0.3) is 11.1 Å². The molecule has 5 nitrogen and oxygen atoms in total. The molecule has 100 valence electrons. The van der Waals surface area contributed by atoms with E-state index < -0.39 is 5.76 Å². The summed E-state index contributed by atoms with van der Waals surface area (Å²) in [5.41, 5.74) is 8.79. The number of hydrogen-bond acceptors (Lipinski definition) is 4. The second kappa shape index (κ2) is 3.79.